The molecule has 72 valence electrons. The van der Waals surface area contributed by atoms with E-state index in [1.54, 1.807) is 0 Å². The molecule has 2 fully saturated rings. The summed E-state index contributed by atoms with van der Waals surface area (Å²) in [6.45, 7) is 6.21. The standard InChI is InChI=1S/C11H15ClO/c1-10(2)8(7-5-4-6-7)11(10,3)9(12)13/h4-6H2,1-3H3. The first kappa shape index (κ1) is 9.26. The number of carbonyl (C=O) groups is 1. The minimum absolute atomic E-state index is 0.0155. The smallest absolute Gasteiger partial charge is 0.232 e. The number of hydrogen-bond acceptors (Lipinski definition) is 1. The van der Waals surface area contributed by atoms with Crippen LogP contribution in [0.25, 0.3) is 0 Å². The normalized spacial score (nSPS) is 35.7. The molecule has 0 radical (unpaired) electrons. The zero-order valence-electron chi connectivity index (χ0n) is 8.41. The van der Waals surface area contributed by atoms with Gasteiger partial charge in [0.25, 0.3) is 0 Å². The molecule has 2 rings (SSSR count). The van der Waals surface area contributed by atoms with E-state index in [-0.39, 0.29) is 16.1 Å². The summed E-state index contributed by atoms with van der Waals surface area (Å²) < 4.78 is 0. The molecule has 0 aromatic rings. The maximum absolute atomic E-state index is 11.3. The zero-order chi connectivity index (χ0) is 9.85. The molecule has 1 unspecified atom stereocenters. The topological polar surface area (TPSA) is 17.1 Å². The van der Waals surface area contributed by atoms with Crippen LogP contribution in [0.3, 0.4) is 0 Å². The van der Waals surface area contributed by atoms with E-state index in [9.17, 15) is 4.79 Å². The molecule has 0 amide bonds. The van der Waals surface area contributed by atoms with Gasteiger partial charge in [0.05, 0.1) is 5.41 Å². The van der Waals surface area contributed by atoms with E-state index in [4.69, 9.17) is 11.6 Å². The molecule has 0 spiro atoms. The molecule has 0 bridgehead atoms. The molecule has 2 saturated carbocycles. The maximum Gasteiger partial charge on any atom is 0.232 e. The molecule has 1 nitrogen and oxygen atoms in total. The largest absolute Gasteiger partial charge is 0.280 e. The lowest BCUT2D eigenvalue weighted by Gasteiger charge is -2.16. The van der Waals surface area contributed by atoms with Gasteiger partial charge in [-0.15, -0.1) is 0 Å². The predicted octanol–water partition coefficient (Wildman–Crippen LogP) is 3.28. The van der Waals surface area contributed by atoms with Gasteiger partial charge in [0.1, 0.15) is 0 Å². The molecule has 0 saturated heterocycles. The summed E-state index contributed by atoms with van der Waals surface area (Å²) in [5.41, 5.74) is 2.47. The molecular formula is C11H15ClO. The Hall–Kier alpha value is -0.300. The van der Waals surface area contributed by atoms with Gasteiger partial charge in [0.15, 0.2) is 0 Å². The second-order valence-electron chi connectivity index (χ2n) is 4.86. The average Bonchev–Trinajstić information content (AvgIpc) is 2.32. The van der Waals surface area contributed by atoms with Gasteiger partial charge in [0.2, 0.25) is 5.24 Å². The molecule has 0 heterocycles. The van der Waals surface area contributed by atoms with Crippen molar-refractivity contribution in [2.24, 2.45) is 10.8 Å². The molecule has 0 aromatic carbocycles. The molecule has 2 aliphatic carbocycles. The Morgan fingerprint density at radius 3 is 2.08 bits per heavy atom. The van der Waals surface area contributed by atoms with Crippen LogP contribution in [0.1, 0.15) is 40.0 Å². The Labute approximate surface area is 84.2 Å². The number of allylic oxidation sites excluding steroid dienone is 2. The summed E-state index contributed by atoms with van der Waals surface area (Å²) in [4.78, 5) is 11.3. The summed E-state index contributed by atoms with van der Waals surface area (Å²) in [5, 5.41) is -0.188. The quantitative estimate of drug-likeness (QED) is 0.467. The number of hydrogen-bond donors (Lipinski definition) is 0. The van der Waals surface area contributed by atoms with Gasteiger partial charge in [-0.25, -0.2) is 0 Å². The summed E-state index contributed by atoms with van der Waals surface area (Å²) in [5.74, 6) is 0. The van der Waals surface area contributed by atoms with E-state index in [0.717, 1.165) is 0 Å². The van der Waals surface area contributed by atoms with Crippen molar-refractivity contribution in [3.05, 3.63) is 11.1 Å². The first-order chi connectivity index (χ1) is 5.92. The molecule has 0 aliphatic heterocycles. The fraction of sp³-hybridized carbons (Fsp3) is 0.727. The van der Waals surface area contributed by atoms with Gasteiger partial charge in [0, 0.05) is 5.41 Å². The van der Waals surface area contributed by atoms with Crippen molar-refractivity contribution >= 4 is 16.8 Å². The first-order valence-corrected chi connectivity index (χ1v) is 5.23. The van der Waals surface area contributed by atoms with Crippen LogP contribution in [0.5, 0.6) is 0 Å². The van der Waals surface area contributed by atoms with Crippen molar-refractivity contribution in [3.63, 3.8) is 0 Å². The lowest BCUT2D eigenvalue weighted by Crippen LogP contribution is -2.11. The predicted molar refractivity (Wildman–Crippen MR) is 53.6 cm³/mol. The van der Waals surface area contributed by atoms with Gasteiger partial charge in [-0.05, 0) is 43.4 Å². The van der Waals surface area contributed by atoms with Crippen molar-refractivity contribution in [1.82, 2.24) is 0 Å². The van der Waals surface area contributed by atoms with Gasteiger partial charge < -0.3 is 0 Å². The van der Waals surface area contributed by atoms with Gasteiger partial charge in [-0.2, -0.15) is 0 Å². The minimum atomic E-state index is -0.357. The molecule has 1 atom stereocenters. The highest BCUT2D eigenvalue weighted by Crippen LogP contribution is 2.71. The molecule has 0 N–H and O–H groups in total. The Bertz CT molecular complexity index is 308. The fourth-order valence-electron chi connectivity index (χ4n) is 2.59. The average molecular weight is 199 g/mol. The van der Waals surface area contributed by atoms with E-state index in [1.807, 2.05) is 6.92 Å². The molecular weight excluding hydrogens is 184 g/mol. The van der Waals surface area contributed by atoms with Crippen LogP contribution in [0, 0.1) is 10.8 Å². The van der Waals surface area contributed by atoms with Crippen molar-refractivity contribution in [3.8, 4) is 0 Å². The second-order valence-corrected chi connectivity index (χ2v) is 5.20. The monoisotopic (exact) mass is 198 g/mol. The highest BCUT2D eigenvalue weighted by molar-refractivity contribution is 6.65. The SMILES string of the molecule is CC1(C)C(=C2CCC2)C1(C)C(=O)Cl. The third-order valence-corrected chi connectivity index (χ3v) is 4.39. The van der Waals surface area contributed by atoms with E-state index < -0.39 is 0 Å². The second kappa shape index (κ2) is 2.38. The van der Waals surface area contributed by atoms with Crippen LogP contribution >= 0.6 is 11.6 Å². The van der Waals surface area contributed by atoms with E-state index in [1.165, 1.54) is 30.4 Å². The van der Waals surface area contributed by atoms with E-state index >= 15 is 0 Å². The van der Waals surface area contributed by atoms with Crippen LogP contribution < -0.4 is 0 Å². The summed E-state index contributed by atoms with van der Waals surface area (Å²) in [7, 11) is 0. The van der Waals surface area contributed by atoms with Gasteiger partial charge in [-0.1, -0.05) is 19.4 Å². The number of carbonyl (C=O) groups excluding carboxylic acids is 1. The lowest BCUT2D eigenvalue weighted by atomic mass is 9.89. The summed E-state index contributed by atoms with van der Waals surface area (Å²) in [6, 6.07) is 0. The summed E-state index contributed by atoms with van der Waals surface area (Å²) in [6.07, 6.45) is 3.64. The van der Waals surface area contributed by atoms with Crippen molar-refractivity contribution < 1.29 is 4.79 Å². The fourth-order valence-corrected chi connectivity index (χ4v) is 2.92. The molecule has 2 aliphatic rings. The summed E-state index contributed by atoms with van der Waals surface area (Å²) >= 11 is 5.65. The highest BCUT2D eigenvalue weighted by atomic mass is 35.5. The van der Waals surface area contributed by atoms with Crippen molar-refractivity contribution in [2.45, 2.75) is 40.0 Å². The Morgan fingerprint density at radius 1 is 1.31 bits per heavy atom. The van der Waals surface area contributed by atoms with Gasteiger partial charge >= 0.3 is 0 Å². The van der Waals surface area contributed by atoms with Crippen LogP contribution in [0.2, 0.25) is 0 Å². The molecule has 13 heavy (non-hydrogen) atoms. The third kappa shape index (κ3) is 0.914. The highest BCUT2D eigenvalue weighted by Gasteiger charge is 2.68. The Balaban J connectivity index is 2.40. The van der Waals surface area contributed by atoms with E-state index in [0.29, 0.717) is 0 Å². The van der Waals surface area contributed by atoms with Gasteiger partial charge in [-0.3, -0.25) is 4.79 Å². The minimum Gasteiger partial charge on any atom is -0.280 e. The maximum atomic E-state index is 11.3. The molecule has 2 heteroatoms. The first-order valence-electron chi connectivity index (χ1n) is 4.85. The Kier molecular flexibility index (Phi) is 1.70. The Morgan fingerprint density at radius 2 is 1.85 bits per heavy atom. The van der Waals surface area contributed by atoms with Crippen LogP contribution in [0.4, 0.5) is 0 Å². The van der Waals surface area contributed by atoms with E-state index in [2.05, 4.69) is 13.8 Å². The lowest BCUT2D eigenvalue weighted by molar-refractivity contribution is -0.116. The van der Waals surface area contributed by atoms with Crippen LogP contribution in [0.15, 0.2) is 11.1 Å². The number of rotatable bonds is 1. The third-order valence-electron chi connectivity index (χ3n) is 4.02. The van der Waals surface area contributed by atoms with Crippen molar-refractivity contribution in [1.29, 1.82) is 0 Å². The number of halogens is 1. The molecule has 0 aromatic heterocycles. The van der Waals surface area contributed by atoms with Crippen molar-refractivity contribution in [2.75, 3.05) is 0 Å². The zero-order valence-corrected chi connectivity index (χ0v) is 9.16. The van der Waals surface area contributed by atoms with Crippen LogP contribution in [-0.4, -0.2) is 5.24 Å². The van der Waals surface area contributed by atoms with Crippen LogP contribution in [-0.2, 0) is 4.79 Å².